The summed E-state index contributed by atoms with van der Waals surface area (Å²) < 4.78 is 38.6. The highest BCUT2D eigenvalue weighted by atomic mass is 32.2. The second kappa shape index (κ2) is 4.87. The number of aliphatic hydroxyl groups excluding tert-OH is 1. The molecule has 0 radical (unpaired) electrons. The molecule has 104 valence electrons. The summed E-state index contributed by atoms with van der Waals surface area (Å²) in [4.78, 5) is 10.4. The van der Waals surface area contributed by atoms with Crippen molar-refractivity contribution >= 4 is 16.0 Å². The van der Waals surface area contributed by atoms with E-state index in [0.29, 0.717) is 4.31 Å². The Balaban J connectivity index is 2.45. The highest BCUT2D eigenvalue weighted by Gasteiger charge is 2.44. The number of sulfonamides is 1. The molecular formula is C11H12FNO5S. The number of β-amino-alcohol motifs (C(OH)–C–C–N with tert-alkyl or cyclic N) is 1. The lowest BCUT2D eigenvalue weighted by Crippen LogP contribution is -2.40. The van der Waals surface area contributed by atoms with Crippen LogP contribution in [0.25, 0.3) is 0 Å². The Kier molecular flexibility index (Phi) is 3.57. The molecule has 2 atom stereocenters. The maximum absolute atomic E-state index is 13.5. The monoisotopic (exact) mass is 289 g/mol. The number of aliphatic hydroxyl groups is 1. The van der Waals surface area contributed by atoms with Crippen LogP contribution in [0.2, 0.25) is 0 Å². The van der Waals surface area contributed by atoms with Gasteiger partial charge in [0.15, 0.2) is 0 Å². The summed E-state index contributed by atoms with van der Waals surface area (Å²) in [6, 6.07) is 3.35. The summed E-state index contributed by atoms with van der Waals surface area (Å²) in [5.41, 5.74) is 0. The minimum Gasteiger partial charge on any atom is -0.480 e. The average molecular weight is 289 g/mol. The minimum absolute atomic E-state index is 0.205. The number of hydrogen-bond donors (Lipinski definition) is 2. The summed E-state index contributed by atoms with van der Waals surface area (Å²) >= 11 is 0. The van der Waals surface area contributed by atoms with Gasteiger partial charge in [-0.2, -0.15) is 4.31 Å². The van der Waals surface area contributed by atoms with E-state index in [2.05, 4.69) is 0 Å². The number of hydrogen-bond acceptors (Lipinski definition) is 4. The quantitative estimate of drug-likeness (QED) is 0.819. The number of nitrogens with zero attached hydrogens (tertiary/aromatic N) is 1. The molecular weight excluding hydrogens is 277 g/mol. The second-order valence-electron chi connectivity index (χ2n) is 4.25. The van der Waals surface area contributed by atoms with Crippen LogP contribution in [0.4, 0.5) is 4.39 Å². The molecule has 1 fully saturated rings. The van der Waals surface area contributed by atoms with Crippen molar-refractivity contribution in [3.05, 3.63) is 30.1 Å². The smallest absolute Gasteiger partial charge is 0.322 e. The van der Waals surface area contributed by atoms with Gasteiger partial charge < -0.3 is 10.2 Å². The van der Waals surface area contributed by atoms with E-state index in [1.165, 1.54) is 12.1 Å². The molecule has 2 rings (SSSR count). The average Bonchev–Trinajstić information content (AvgIpc) is 2.72. The first-order valence-electron chi connectivity index (χ1n) is 5.51. The van der Waals surface area contributed by atoms with Crippen LogP contribution >= 0.6 is 0 Å². The molecule has 1 aliphatic rings. The Morgan fingerprint density at radius 3 is 2.58 bits per heavy atom. The summed E-state index contributed by atoms with van der Waals surface area (Å²) in [5.74, 6) is -2.32. The summed E-state index contributed by atoms with van der Waals surface area (Å²) in [6.45, 7) is -0.354. The van der Waals surface area contributed by atoms with Crippen molar-refractivity contribution in [3.63, 3.8) is 0 Å². The van der Waals surface area contributed by atoms with E-state index in [0.717, 1.165) is 12.1 Å². The Morgan fingerprint density at radius 1 is 1.37 bits per heavy atom. The number of aliphatic carboxylic acids is 1. The number of carboxylic acid groups (broad SMARTS) is 1. The van der Waals surface area contributed by atoms with Crippen LogP contribution in [-0.4, -0.2) is 47.6 Å². The van der Waals surface area contributed by atoms with Crippen LogP contribution in [0, 0.1) is 5.82 Å². The second-order valence-corrected chi connectivity index (χ2v) is 6.11. The van der Waals surface area contributed by atoms with Gasteiger partial charge in [0.1, 0.15) is 16.8 Å². The summed E-state index contributed by atoms with van der Waals surface area (Å²) in [7, 11) is -4.28. The zero-order valence-electron chi connectivity index (χ0n) is 9.73. The molecule has 1 aromatic rings. The fourth-order valence-corrected chi connectivity index (χ4v) is 3.75. The number of carbonyl (C=O) groups is 1. The van der Waals surface area contributed by atoms with Crippen LogP contribution in [0.15, 0.2) is 29.2 Å². The van der Waals surface area contributed by atoms with Crippen molar-refractivity contribution in [2.24, 2.45) is 0 Å². The van der Waals surface area contributed by atoms with E-state index >= 15 is 0 Å². The fraction of sp³-hybridized carbons (Fsp3) is 0.364. The van der Waals surface area contributed by atoms with Gasteiger partial charge >= 0.3 is 5.97 Å². The first-order chi connectivity index (χ1) is 8.84. The van der Waals surface area contributed by atoms with Gasteiger partial charge in [-0.15, -0.1) is 0 Å². The van der Waals surface area contributed by atoms with Crippen molar-refractivity contribution in [1.29, 1.82) is 0 Å². The maximum Gasteiger partial charge on any atom is 0.322 e. The van der Waals surface area contributed by atoms with Crippen molar-refractivity contribution in [2.45, 2.75) is 23.5 Å². The fourth-order valence-electron chi connectivity index (χ4n) is 2.05. The summed E-state index contributed by atoms with van der Waals surface area (Å²) in [6.07, 6.45) is -1.27. The van der Waals surface area contributed by atoms with E-state index in [-0.39, 0.29) is 13.0 Å². The molecule has 1 saturated heterocycles. The van der Waals surface area contributed by atoms with Gasteiger partial charge in [0.05, 0.1) is 6.10 Å². The third-order valence-electron chi connectivity index (χ3n) is 2.94. The van der Waals surface area contributed by atoms with Crippen LogP contribution in [0.1, 0.15) is 6.42 Å². The van der Waals surface area contributed by atoms with Crippen molar-refractivity contribution in [2.75, 3.05) is 6.54 Å². The van der Waals surface area contributed by atoms with Gasteiger partial charge in [0.25, 0.3) is 0 Å². The lowest BCUT2D eigenvalue weighted by molar-refractivity contribution is -0.140. The van der Waals surface area contributed by atoms with Crippen molar-refractivity contribution in [3.8, 4) is 0 Å². The summed E-state index contributed by atoms with van der Waals surface area (Å²) in [5, 5.41) is 18.4. The molecule has 1 aliphatic heterocycles. The lowest BCUT2D eigenvalue weighted by Gasteiger charge is -2.20. The third-order valence-corrected chi connectivity index (χ3v) is 4.85. The first-order valence-corrected chi connectivity index (χ1v) is 6.95. The molecule has 2 N–H and O–H groups in total. The molecule has 8 heteroatoms. The SMILES string of the molecule is O=C(O)[C@@H]1C[C@H](O)CN1S(=O)(=O)c1ccccc1F. The molecule has 1 heterocycles. The number of carboxylic acids is 1. The van der Waals surface area contributed by atoms with Crippen molar-refractivity contribution < 1.29 is 27.8 Å². The largest absolute Gasteiger partial charge is 0.480 e. The number of halogens is 1. The molecule has 0 spiro atoms. The zero-order chi connectivity index (χ0) is 14.2. The van der Waals surface area contributed by atoms with Crippen LogP contribution in [0.5, 0.6) is 0 Å². The standard InChI is InChI=1S/C11H12FNO5S/c12-8-3-1-2-4-10(8)19(17,18)13-6-7(14)5-9(13)11(15)16/h1-4,7,9,14H,5-6H2,(H,15,16)/t7-,9-/m0/s1. The maximum atomic E-state index is 13.5. The number of rotatable bonds is 3. The molecule has 6 nitrogen and oxygen atoms in total. The minimum atomic E-state index is -4.28. The lowest BCUT2D eigenvalue weighted by atomic mass is 10.2. The van der Waals surface area contributed by atoms with Crippen LogP contribution < -0.4 is 0 Å². The van der Waals surface area contributed by atoms with Crippen LogP contribution in [-0.2, 0) is 14.8 Å². The molecule has 0 unspecified atom stereocenters. The molecule has 0 bridgehead atoms. The highest BCUT2D eigenvalue weighted by molar-refractivity contribution is 7.89. The Hall–Kier alpha value is -1.51. The normalized spacial score (nSPS) is 24.5. The topological polar surface area (TPSA) is 94.9 Å². The van der Waals surface area contributed by atoms with E-state index < -0.39 is 38.9 Å². The molecule has 0 saturated carbocycles. The van der Waals surface area contributed by atoms with Crippen molar-refractivity contribution in [1.82, 2.24) is 4.31 Å². The molecule has 1 aromatic carbocycles. The molecule has 0 amide bonds. The van der Waals surface area contributed by atoms with Crippen LogP contribution in [0.3, 0.4) is 0 Å². The zero-order valence-corrected chi connectivity index (χ0v) is 10.5. The molecule has 0 aromatic heterocycles. The molecule has 0 aliphatic carbocycles. The van der Waals surface area contributed by atoms with Gasteiger partial charge in [-0.1, -0.05) is 12.1 Å². The van der Waals surface area contributed by atoms with E-state index in [1.54, 1.807) is 0 Å². The van der Waals surface area contributed by atoms with Gasteiger partial charge in [-0.05, 0) is 12.1 Å². The van der Waals surface area contributed by atoms with Gasteiger partial charge in [0.2, 0.25) is 10.0 Å². The van der Waals surface area contributed by atoms with E-state index in [9.17, 15) is 22.7 Å². The van der Waals surface area contributed by atoms with Gasteiger partial charge in [-0.25, -0.2) is 12.8 Å². The van der Waals surface area contributed by atoms with Gasteiger partial charge in [-0.3, -0.25) is 4.79 Å². The van der Waals surface area contributed by atoms with Gasteiger partial charge in [0, 0.05) is 13.0 Å². The Labute approximate surface area is 109 Å². The third kappa shape index (κ3) is 2.46. The number of benzene rings is 1. The Bertz CT molecular complexity index is 603. The first kappa shape index (κ1) is 13.9. The predicted octanol–water partition coefficient (Wildman–Crippen LogP) is 0.0342. The Morgan fingerprint density at radius 2 is 2.00 bits per heavy atom. The molecule has 19 heavy (non-hydrogen) atoms. The van der Waals surface area contributed by atoms with E-state index in [4.69, 9.17) is 5.11 Å². The highest BCUT2D eigenvalue weighted by Crippen LogP contribution is 2.27. The van der Waals surface area contributed by atoms with E-state index in [1.807, 2.05) is 0 Å². The predicted molar refractivity (Wildman–Crippen MR) is 62.3 cm³/mol.